The van der Waals surface area contributed by atoms with Gasteiger partial charge in [0.1, 0.15) is 16.3 Å². The molecule has 2 fully saturated rings. The van der Waals surface area contributed by atoms with Gasteiger partial charge in [-0.15, -0.1) is 11.3 Å². The highest BCUT2D eigenvalue weighted by molar-refractivity contribution is 7.09. The van der Waals surface area contributed by atoms with E-state index in [1.54, 1.807) is 23.3 Å². The summed E-state index contributed by atoms with van der Waals surface area (Å²) in [6.07, 6.45) is 3.14. The summed E-state index contributed by atoms with van der Waals surface area (Å²) in [5, 5.41) is 3.07. The minimum atomic E-state index is -0.718. The maximum Gasteiger partial charge on any atom is 0.327 e. The lowest BCUT2D eigenvalue weighted by molar-refractivity contribution is -0.136. The van der Waals surface area contributed by atoms with Crippen molar-refractivity contribution in [1.82, 2.24) is 19.7 Å². The van der Waals surface area contributed by atoms with Gasteiger partial charge in [-0.2, -0.15) is 0 Å². The molecule has 3 heterocycles. The second-order valence-corrected chi connectivity index (χ2v) is 8.48. The first-order valence-corrected chi connectivity index (χ1v) is 10.8. The molecule has 0 unspecified atom stereocenters. The van der Waals surface area contributed by atoms with Crippen molar-refractivity contribution >= 4 is 23.3 Å². The van der Waals surface area contributed by atoms with Gasteiger partial charge in [-0.05, 0) is 37.5 Å². The van der Waals surface area contributed by atoms with E-state index in [1.807, 2.05) is 42.8 Å². The molecule has 7 nitrogen and oxygen atoms in total. The Labute approximate surface area is 174 Å². The number of carbonyl (C=O) groups excluding carboxylic acids is 2. The second-order valence-electron chi connectivity index (χ2n) is 7.50. The summed E-state index contributed by atoms with van der Waals surface area (Å²) in [7, 11) is 1.61. The number of amides is 3. The van der Waals surface area contributed by atoms with Crippen LogP contribution in [0.3, 0.4) is 0 Å². The van der Waals surface area contributed by atoms with Gasteiger partial charge in [0.05, 0.1) is 20.2 Å². The number of urea groups is 1. The Morgan fingerprint density at radius 3 is 2.66 bits per heavy atom. The zero-order valence-corrected chi connectivity index (χ0v) is 17.7. The number of thiazole rings is 1. The molecular weight excluding hydrogens is 388 g/mol. The van der Waals surface area contributed by atoms with Gasteiger partial charge in [0.15, 0.2) is 0 Å². The SMILES string of the molecule is CCN1C(=O)N(Cc2cccc(OC)c2)C(=O)C12CCN(Cc1nccs1)CC2. The van der Waals surface area contributed by atoms with Gasteiger partial charge in [-0.25, -0.2) is 9.78 Å². The summed E-state index contributed by atoms with van der Waals surface area (Å²) in [6.45, 7) is 5.12. The number of methoxy groups -OCH3 is 1. The number of carbonyl (C=O) groups is 2. The van der Waals surface area contributed by atoms with Crippen molar-refractivity contribution in [3.63, 3.8) is 0 Å². The maximum absolute atomic E-state index is 13.4. The van der Waals surface area contributed by atoms with E-state index in [-0.39, 0.29) is 18.5 Å². The van der Waals surface area contributed by atoms with E-state index in [1.165, 1.54) is 4.90 Å². The van der Waals surface area contributed by atoms with Crippen molar-refractivity contribution in [3.05, 3.63) is 46.4 Å². The molecule has 2 aliphatic heterocycles. The first kappa shape index (κ1) is 19.8. The summed E-state index contributed by atoms with van der Waals surface area (Å²) < 4.78 is 5.27. The van der Waals surface area contributed by atoms with E-state index in [0.29, 0.717) is 19.4 Å². The van der Waals surface area contributed by atoms with Crippen LogP contribution >= 0.6 is 11.3 Å². The Hall–Kier alpha value is -2.45. The van der Waals surface area contributed by atoms with Crippen LogP contribution in [0, 0.1) is 0 Å². The maximum atomic E-state index is 13.4. The van der Waals surface area contributed by atoms with Gasteiger partial charge in [0.25, 0.3) is 5.91 Å². The number of benzene rings is 1. The topological polar surface area (TPSA) is 66.0 Å². The fourth-order valence-corrected chi connectivity index (χ4v) is 5.06. The quantitative estimate of drug-likeness (QED) is 0.680. The lowest BCUT2D eigenvalue weighted by atomic mass is 9.85. The van der Waals surface area contributed by atoms with E-state index in [9.17, 15) is 9.59 Å². The predicted octanol–water partition coefficient (Wildman–Crippen LogP) is 2.97. The highest BCUT2D eigenvalue weighted by Crippen LogP contribution is 2.38. The summed E-state index contributed by atoms with van der Waals surface area (Å²) in [4.78, 5) is 36.4. The fraction of sp³-hybridized carbons (Fsp3) is 0.476. The van der Waals surface area contributed by atoms with Crippen molar-refractivity contribution < 1.29 is 14.3 Å². The van der Waals surface area contributed by atoms with Crippen molar-refractivity contribution in [2.75, 3.05) is 26.7 Å². The Bertz CT molecular complexity index is 878. The zero-order chi connectivity index (χ0) is 20.4. The number of hydrogen-bond acceptors (Lipinski definition) is 6. The second kappa shape index (κ2) is 8.12. The lowest BCUT2D eigenvalue weighted by Crippen LogP contribution is -2.56. The molecular formula is C21H26N4O3S. The van der Waals surface area contributed by atoms with Crippen LogP contribution in [0.2, 0.25) is 0 Å². The molecule has 1 aromatic heterocycles. The molecule has 1 aromatic carbocycles. The van der Waals surface area contributed by atoms with Crippen LogP contribution in [0.1, 0.15) is 30.3 Å². The van der Waals surface area contributed by atoms with Crippen LogP contribution in [0.15, 0.2) is 35.8 Å². The van der Waals surface area contributed by atoms with Gasteiger partial charge >= 0.3 is 6.03 Å². The van der Waals surface area contributed by atoms with Gasteiger partial charge < -0.3 is 9.64 Å². The number of piperidine rings is 1. The molecule has 2 aromatic rings. The normalized spacial score (nSPS) is 19.4. The van der Waals surface area contributed by atoms with Crippen LogP contribution in [-0.2, 0) is 17.9 Å². The predicted molar refractivity (Wildman–Crippen MR) is 111 cm³/mol. The van der Waals surface area contributed by atoms with E-state index >= 15 is 0 Å². The van der Waals surface area contributed by atoms with Gasteiger partial charge in [-0.3, -0.25) is 14.6 Å². The molecule has 0 bridgehead atoms. The third-order valence-electron chi connectivity index (χ3n) is 5.94. The molecule has 0 saturated carbocycles. The van der Waals surface area contributed by atoms with Gasteiger partial charge in [0.2, 0.25) is 0 Å². The molecule has 0 atom stereocenters. The minimum absolute atomic E-state index is 0.0685. The number of likely N-dealkylation sites (N-methyl/N-ethyl adjacent to an activating group) is 1. The van der Waals surface area contributed by atoms with Crippen LogP contribution in [0.5, 0.6) is 5.75 Å². The molecule has 2 aliphatic rings. The number of hydrogen-bond donors (Lipinski definition) is 0. The van der Waals surface area contributed by atoms with Crippen molar-refractivity contribution in [2.24, 2.45) is 0 Å². The van der Waals surface area contributed by atoms with E-state index in [2.05, 4.69) is 9.88 Å². The van der Waals surface area contributed by atoms with Crippen LogP contribution in [-0.4, -0.2) is 63.9 Å². The smallest absolute Gasteiger partial charge is 0.327 e. The highest BCUT2D eigenvalue weighted by Gasteiger charge is 2.57. The Balaban J connectivity index is 1.50. The number of likely N-dealkylation sites (tertiary alicyclic amines) is 1. The third-order valence-corrected chi connectivity index (χ3v) is 6.70. The molecule has 154 valence electrons. The molecule has 4 rings (SSSR count). The standard InChI is InChI=1S/C21H26N4O3S/c1-3-25-20(27)24(14-16-5-4-6-17(13-16)28-2)19(26)21(25)7-10-23(11-8-21)15-18-22-9-12-29-18/h4-6,9,12-13H,3,7-8,10-11,14-15H2,1-2H3. The minimum Gasteiger partial charge on any atom is -0.497 e. The fourth-order valence-electron chi connectivity index (χ4n) is 4.40. The molecule has 0 radical (unpaired) electrons. The van der Waals surface area contributed by atoms with E-state index in [0.717, 1.165) is 36.0 Å². The largest absolute Gasteiger partial charge is 0.497 e. The number of ether oxygens (including phenoxy) is 1. The Morgan fingerprint density at radius 2 is 2.00 bits per heavy atom. The number of rotatable bonds is 6. The number of aromatic nitrogens is 1. The number of nitrogens with zero attached hydrogens (tertiary/aromatic N) is 4. The molecule has 29 heavy (non-hydrogen) atoms. The molecule has 2 saturated heterocycles. The van der Waals surface area contributed by atoms with E-state index in [4.69, 9.17) is 4.74 Å². The molecule has 0 N–H and O–H groups in total. The number of imide groups is 1. The average molecular weight is 415 g/mol. The molecule has 1 spiro atoms. The molecule has 8 heteroatoms. The lowest BCUT2D eigenvalue weighted by Gasteiger charge is -2.41. The van der Waals surface area contributed by atoms with Crippen LogP contribution in [0.25, 0.3) is 0 Å². The first-order valence-electron chi connectivity index (χ1n) is 9.94. The van der Waals surface area contributed by atoms with Crippen molar-refractivity contribution in [2.45, 2.75) is 38.4 Å². The summed E-state index contributed by atoms with van der Waals surface area (Å²) in [5.41, 5.74) is 0.171. The van der Waals surface area contributed by atoms with Gasteiger partial charge in [-0.1, -0.05) is 12.1 Å². The Morgan fingerprint density at radius 1 is 1.21 bits per heavy atom. The Kier molecular flexibility index (Phi) is 5.56. The first-order chi connectivity index (χ1) is 14.1. The average Bonchev–Trinajstić information content (AvgIpc) is 3.32. The summed E-state index contributed by atoms with van der Waals surface area (Å²) in [5.74, 6) is 0.653. The zero-order valence-electron chi connectivity index (χ0n) is 16.8. The van der Waals surface area contributed by atoms with Crippen molar-refractivity contribution in [1.29, 1.82) is 0 Å². The van der Waals surface area contributed by atoms with Crippen molar-refractivity contribution in [3.8, 4) is 5.75 Å². The molecule has 0 aliphatic carbocycles. The highest BCUT2D eigenvalue weighted by atomic mass is 32.1. The third kappa shape index (κ3) is 3.62. The van der Waals surface area contributed by atoms with Crippen LogP contribution < -0.4 is 4.74 Å². The van der Waals surface area contributed by atoms with E-state index < -0.39 is 5.54 Å². The summed E-state index contributed by atoms with van der Waals surface area (Å²) in [6, 6.07) is 7.34. The molecule has 3 amide bonds. The van der Waals surface area contributed by atoms with Crippen LogP contribution in [0.4, 0.5) is 4.79 Å². The monoisotopic (exact) mass is 414 g/mol. The summed E-state index contributed by atoms with van der Waals surface area (Å²) >= 11 is 1.65. The van der Waals surface area contributed by atoms with Gasteiger partial charge in [0, 0.05) is 31.2 Å².